The van der Waals surface area contributed by atoms with Crippen LogP contribution in [0.25, 0.3) is 0 Å². The first kappa shape index (κ1) is 26.0. The van der Waals surface area contributed by atoms with Crippen molar-refractivity contribution < 1.29 is 41.8 Å². The maximum Gasteiger partial charge on any atom is 0.490 e. The van der Waals surface area contributed by atoms with Crippen LogP contribution in [-0.2, 0) is 9.59 Å². The topological polar surface area (TPSA) is 81.1 Å². The Morgan fingerprint density at radius 1 is 1.19 bits per heavy atom. The normalized spacial score (nSPS) is 24.1. The van der Waals surface area contributed by atoms with Crippen LogP contribution in [-0.4, -0.2) is 70.3 Å². The second-order valence-electron chi connectivity index (χ2n) is 8.38. The summed E-state index contributed by atoms with van der Waals surface area (Å²) >= 11 is 0. The molecule has 2 aliphatic heterocycles. The largest absolute Gasteiger partial charge is 0.490 e. The highest BCUT2D eigenvalue weighted by Crippen LogP contribution is 2.37. The molecule has 11 heteroatoms. The number of β-amino-alcohol motifs (C(OH)–C–C–N with tert-alkyl or cyclic N) is 1. The van der Waals surface area contributed by atoms with Gasteiger partial charge in [0.05, 0.1) is 18.1 Å². The average Bonchev–Trinajstić information content (AvgIpc) is 3.14. The van der Waals surface area contributed by atoms with Gasteiger partial charge in [0.25, 0.3) is 0 Å². The number of carbonyl (C=O) groups excluding carboxylic acids is 1. The number of carboxylic acids is 1. The first-order valence-corrected chi connectivity index (χ1v) is 10.2. The van der Waals surface area contributed by atoms with Crippen LogP contribution in [0.2, 0.25) is 0 Å². The number of carboxylic acid groups (broad SMARTS) is 1. The van der Waals surface area contributed by atoms with E-state index in [0.717, 1.165) is 13.0 Å². The van der Waals surface area contributed by atoms with Crippen LogP contribution in [0.4, 0.5) is 22.0 Å². The van der Waals surface area contributed by atoms with Gasteiger partial charge in [-0.3, -0.25) is 4.79 Å². The van der Waals surface area contributed by atoms with E-state index in [9.17, 15) is 31.9 Å². The van der Waals surface area contributed by atoms with Gasteiger partial charge in [0, 0.05) is 18.7 Å². The van der Waals surface area contributed by atoms with E-state index in [0.29, 0.717) is 37.9 Å². The van der Waals surface area contributed by atoms with Crippen molar-refractivity contribution in [1.82, 2.24) is 9.80 Å². The molecule has 0 saturated carbocycles. The molecule has 0 aliphatic carbocycles. The van der Waals surface area contributed by atoms with E-state index in [1.165, 1.54) is 12.1 Å². The van der Waals surface area contributed by atoms with Gasteiger partial charge in [0.15, 0.2) is 0 Å². The van der Waals surface area contributed by atoms with E-state index in [1.807, 2.05) is 11.9 Å². The van der Waals surface area contributed by atoms with Crippen LogP contribution in [0, 0.1) is 18.6 Å². The number of aryl methyl sites for hydroxylation is 1. The number of hydrogen-bond donors (Lipinski definition) is 2. The fourth-order valence-electron chi connectivity index (χ4n) is 4.22. The Bertz CT molecular complexity index is 848. The van der Waals surface area contributed by atoms with E-state index in [2.05, 4.69) is 0 Å². The number of hydrogen-bond acceptors (Lipinski definition) is 4. The Labute approximate surface area is 182 Å². The molecule has 1 aromatic carbocycles. The van der Waals surface area contributed by atoms with Crippen molar-refractivity contribution in [2.45, 2.75) is 56.8 Å². The van der Waals surface area contributed by atoms with E-state index in [4.69, 9.17) is 9.90 Å². The molecule has 32 heavy (non-hydrogen) atoms. The van der Waals surface area contributed by atoms with Crippen LogP contribution in [0.1, 0.15) is 49.3 Å². The molecule has 2 N–H and O–H groups in total. The molecule has 1 aromatic rings. The number of likely N-dealkylation sites (tertiary alicyclic amines) is 2. The molecular formula is C21H27F5N2O4. The fourth-order valence-corrected chi connectivity index (χ4v) is 4.22. The monoisotopic (exact) mass is 466 g/mol. The molecule has 0 aromatic heterocycles. The van der Waals surface area contributed by atoms with Crippen LogP contribution in [0.15, 0.2) is 12.1 Å². The zero-order valence-corrected chi connectivity index (χ0v) is 17.9. The molecule has 2 fully saturated rings. The Kier molecular flexibility index (Phi) is 8.22. The quantitative estimate of drug-likeness (QED) is 0.668. The van der Waals surface area contributed by atoms with Gasteiger partial charge in [-0.25, -0.2) is 13.6 Å². The third kappa shape index (κ3) is 6.38. The zero-order chi connectivity index (χ0) is 24.3. The second kappa shape index (κ2) is 10.1. The number of aliphatic hydroxyl groups is 1. The summed E-state index contributed by atoms with van der Waals surface area (Å²) in [6.45, 7) is 3.43. The molecule has 6 nitrogen and oxygen atoms in total. The van der Waals surface area contributed by atoms with Crippen molar-refractivity contribution in [1.29, 1.82) is 0 Å². The number of halogens is 5. The highest BCUT2D eigenvalue weighted by molar-refractivity contribution is 5.78. The van der Waals surface area contributed by atoms with Crippen molar-refractivity contribution in [2.24, 2.45) is 0 Å². The lowest BCUT2D eigenvalue weighted by Gasteiger charge is -2.38. The molecule has 2 heterocycles. The van der Waals surface area contributed by atoms with E-state index in [-0.39, 0.29) is 17.9 Å². The molecule has 0 spiro atoms. The summed E-state index contributed by atoms with van der Waals surface area (Å²) in [5, 5.41) is 17.9. The first-order valence-electron chi connectivity index (χ1n) is 10.2. The maximum absolute atomic E-state index is 14.5. The van der Waals surface area contributed by atoms with Gasteiger partial charge < -0.3 is 20.0 Å². The lowest BCUT2D eigenvalue weighted by molar-refractivity contribution is -0.192. The summed E-state index contributed by atoms with van der Waals surface area (Å²) in [5.74, 6) is -4.15. The van der Waals surface area contributed by atoms with Crippen molar-refractivity contribution >= 4 is 11.9 Å². The summed E-state index contributed by atoms with van der Waals surface area (Å²) < 4.78 is 60.5. The van der Waals surface area contributed by atoms with Crippen LogP contribution in [0.5, 0.6) is 0 Å². The minimum Gasteiger partial charge on any atom is -0.475 e. The minimum atomic E-state index is -5.08. The number of carbonyl (C=O) groups is 2. The summed E-state index contributed by atoms with van der Waals surface area (Å²) in [4.78, 5) is 25.3. The number of nitrogens with zero attached hydrogens (tertiary/aromatic N) is 2. The number of likely N-dealkylation sites (N-methyl/N-ethyl adjacent to an activating group) is 1. The third-order valence-corrected chi connectivity index (χ3v) is 5.70. The summed E-state index contributed by atoms with van der Waals surface area (Å²) in [6.07, 6.45) is -2.41. The van der Waals surface area contributed by atoms with E-state index in [1.54, 1.807) is 11.8 Å². The van der Waals surface area contributed by atoms with Gasteiger partial charge in [-0.15, -0.1) is 0 Å². The lowest BCUT2D eigenvalue weighted by atomic mass is 9.89. The van der Waals surface area contributed by atoms with Crippen molar-refractivity contribution in [3.63, 3.8) is 0 Å². The lowest BCUT2D eigenvalue weighted by Crippen LogP contribution is -2.49. The summed E-state index contributed by atoms with van der Waals surface area (Å²) in [6, 6.07) is 2.09. The predicted octanol–water partition coefficient (Wildman–Crippen LogP) is 3.42. The molecule has 0 radical (unpaired) electrons. The first-order chi connectivity index (χ1) is 14.7. The maximum atomic E-state index is 14.5. The van der Waals surface area contributed by atoms with Gasteiger partial charge in [-0.2, -0.15) is 13.2 Å². The number of amides is 1. The van der Waals surface area contributed by atoms with E-state index >= 15 is 0 Å². The van der Waals surface area contributed by atoms with Crippen molar-refractivity contribution in [3.8, 4) is 0 Å². The molecule has 180 valence electrons. The average molecular weight is 466 g/mol. The van der Waals surface area contributed by atoms with Gasteiger partial charge in [-0.05, 0) is 57.8 Å². The smallest absolute Gasteiger partial charge is 0.475 e. The van der Waals surface area contributed by atoms with Crippen molar-refractivity contribution in [3.05, 3.63) is 34.9 Å². The Balaban J connectivity index is 0.000000451. The molecule has 2 aliphatic rings. The zero-order valence-electron chi connectivity index (χ0n) is 17.9. The molecule has 0 bridgehead atoms. The van der Waals surface area contributed by atoms with Gasteiger partial charge in [0.1, 0.15) is 11.6 Å². The standard InChI is InChI=1S/C19H26F2N2O2.C2HF3O2/c1-13-6-7-14(20)17(18(13)21)15-5-3-10-23(15)16(24)11-19(25)8-4-9-22(2)12-19;3-2(4,5)1(6)7/h6-7,15,25H,3-5,8-12H2,1-2H3;(H,6,7). The summed E-state index contributed by atoms with van der Waals surface area (Å²) in [7, 11) is 1.92. The number of benzene rings is 1. The molecule has 2 unspecified atom stereocenters. The van der Waals surface area contributed by atoms with Gasteiger partial charge in [0.2, 0.25) is 5.91 Å². The number of alkyl halides is 3. The van der Waals surface area contributed by atoms with Gasteiger partial charge >= 0.3 is 12.1 Å². The SMILES string of the molecule is Cc1ccc(F)c(C2CCCN2C(=O)CC2(O)CCCN(C)C2)c1F.O=C(O)C(F)(F)F. The second-order valence-corrected chi connectivity index (χ2v) is 8.38. The highest BCUT2D eigenvalue weighted by atomic mass is 19.4. The Hall–Kier alpha value is -2.27. The molecule has 1 amide bonds. The number of piperidine rings is 1. The third-order valence-electron chi connectivity index (χ3n) is 5.70. The summed E-state index contributed by atoms with van der Waals surface area (Å²) in [5.41, 5.74) is -0.692. The van der Waals surface area contributed by atoms with Crippen LogP contribution < -0.4 is 0 Å². The Morgan fingerprint density at radius 3 is 2.38 bits per heavy atom. The molecular weight excluding hydrogens is 439 g/mol. The molecule has 3 rings (SSSR count). The minimum absolute atomic E-state index is 0.00287. The number of rotatable bonds is 3. The van der Waals surface area contributed by atoms with Crippen molar-refractivity contribution in [2.75, 3.05) is 26.7 Å². The highest BCUT2D eigenvalue weighted by Gasteiger charge is 2.40. The van der Waals surface area contributed by atoms with Crippen LogP contribution in [0.3, 0.4) is 0 Å². The van der Waals surface area contributed by atoms with E-state index < -0.39 is 35.4 Å². The predicted molar refractivity (Wildman–Crippen MR) is 105 cm³/mol. The van der Waals surface area contributed by atoms with Crippen LogP contribution >= 0.6 is 0 Å². The number of aliphatic carboxylic acids is 1. The Morgan fingerprint density at radius 2 is 1.81 bits per heavy atom. The van der Waals surface area contributed by atoms with Gasteiger partial charge in [-0.1, -0.05) is 6.07 Å². The fraction of sp³-hybridized carbons (Fsp3) is 0.619. The molecule has 2 saturated heterocycles. The molecule has 2 atom stereocenters.